The number of nitrogens with one attached hydrogen (secondary N) is 1. The van der Waals surface area contributed by atoms with E-state index < -0.39 is 9.84 Å². The Bertz CT molecular complexity index is 839. The number of amides is 1. The SMILES string of the molecule is CC[C@H](NC(=O)c1cc(C)ccc1C)c1ccc(S(C)(=O)=O)cc1. The van der Waals surface area contributed by atoms with Gasteiger partial charge < -0.3 is 5.32 Å². The van der Waals surface area contributed by atoms with Crippen LogP contribution >= 0.6 is 0 Å². The Hall–Kier alpha value is -2.14. The van der Waals surface area contributed by atoms with Crippen LogP contribution in [0.15, 0.2) is 47.4 Å². The number of benzene rings is 2. The first kappa shape index (κ1) is 18.2. The molecule has 2 aromatic carbocycles. The maximum Gasteiger partial charge on any atom is 0.252 e. The number of hydrogen-bond acceptors (Lipinski definition) is 3. The smallest absolute Gasteiger partial charge is 0.252 e. The molecule has 0 fully saturated rings. The van der Waals surface area contributed by atoms with E-state index in [1.165, 1.54) is 6.26 Å². The number of sulfone groups is 1. The number of aryl methyl sites for hydroxylation is 2. The molecule has 0 unspecified atom stereocenters. The van der Waals surface area contributed by atoms with Crippen LogP contribution in [0.4, 0.5) is 0 Å². The summed E-state index contributed by atoms with van der Waals surface area (Å²) in [6, 6.07) is 12.3. The quantitative estimate of drug-likeness (QED) is 0.901. The van der Waals surface area contributed by atoms with Crippen LogP contribution in [0.25, 0.3) is 0 Å². The summed E-state index contributed by atoms with van der Waals surface area (Å²) < 4.78 is 23.1. The Morgan fingerprint density at radius 2 is 1.71 bits per heavy atom. The van der Waals surface area contributed by atoms with E-state index in [1.54, 1.807) is 24.3 Å². The maximum absolute atomic E-state index is 12.6. The summed E-state index contributed by atoms with van der Waals surface area (Å²) in [7, 11) is -3.22. The van der Waals surface area contributed by atoms with Crippen molar-refractivity contribution in [2.24, 2.45) is 0 Å². The summed E-state index contributed by atoms with van der Waals surface area (Å²) in [5.74, 6) is -0.116. The van der Waals surface area contributed by atoms with E-state index in [2.05, 4.69) is 5.32 Å². The predicted molar refractivity (Wildman–Crippen MR) is 96.0 cm³/mol. The molecular formula is C19H23NO3S. The van der Waals surface area contributed by atoms with Gasteiger partial charge in [0.25, 0.3) is 5.91 Å². The molecule has 0 heterocycles. The van der Waals surface area contributed by atoms with Gasteiger partial charge in [-0.2, -0.15) is 0 Å². The largest absolute Gasteiger partial charge is 0.345 e. The van der Waals surface area contributed by atoms with E-state index in [1.807, 2.05) is 39.0 Å². The Morgan fingerprint density at radius 1 is 1.08 bits per heavy atom. The fourth-order valence-electron chi connectivity index (χ4n) is 2.58. The minimum atomic E-state index is -3.22. The molecule has 2 aromatic rings. The lowest BCUT2D eigenvalue weighted by atomic mass is 10.0. The van der Waals surface area contributed by atoms with Crippen LogP contribution < -0.4 is 5.32 Å². The summed E-state index contributed by atoms with van der Waals surface area (Å²) in [6.45, 7) is 5.85. The van der Waals surface area contributed by atoms with Gasteiger partial charge in [0.15, 0.2) is 9.84 Å². The van der Waals surface area contributed by atoms with E-state index in [0.717, 1.165) is 23.1 Å². The second kappa shape index (κ2) is 7.18. The molecule has 0 radical (unpaired) electrons. The molecule has 0 aliphatic carbocycles. The van der Waals surface area contributed by atoms with Crippen LogP contribution in [0.1, 0.15) is 46.4 Å². The van der Waals surface area contributed by atoms with Crippen LogP contribution in [-0.4, -0.2) is 20.6 Å². The molecule has 5 heteroatoms. The zero-order valence-corrected chi connectivity index (χ0v) is 15.3. The number of carbonyl (C=O) groups is 1. The van der Waals surface area contributed by atoms with E-state index in [-0.39, 0.29) is 16.8 Å². The van der Waals surface area contributed by atoms with Gasteiger partial charge in [-0.25, -0.2) is 8.42 Å². The van der Waals surface area contributed by atoms with E-state index in [4.69, 9.17) is 0 Å². The highest BCUT2D eigenvalue weighted by Gasteiger charge is 2.16. The Labute approximate surface area is 143 Å². The van der Waals surface area contributed by atoms with Crippen LogP contribution in [0.3, 0.4) is 0 Å². The second-order valence-electron chi connectivity index (χ2n) is 6.09. The molecule has 1 atom stereocenters. The van der Waals surface area contributed by atoms with Crippen molar-refractivity contribution in [3.63, 3.8) is 0 Å². The third-order valence-electron chi connectivity index (χ3n) is 4.06. The normalized spacial score (nSPS) is 12.7. The number of hydrogen-bond donors (Lipinski definition) is 1. The lowest BCUT2D eigenvalue weighted by molar-refractivity contribution is 0.0935. The van der Waals surface area contributed by atoms with Crippen molar-refractivity contribution in [3.05, 3.63) is 64.7 Å². The molecule has 2 rings (SSSR count). The van der Waals surface area contributed by atoms with Gasteiger partial charge in [-0.15, -0.1) is 0 Å². The Morgan fingerprint density at radius 3 is 2.25 bits per heavy atom. The van der Waals surface area contributed by atoms with E-state index in [0.29, 0.717) is 5.56 Å². The highest BCUT2D eigenvalue weighted by atomic mass is 32.2. The van der Waals surface area contributed by atoms with Crippen LogP contribution in [0, 0.1) is 13.8 Å². The third kappa shape index (κ3) is 4.23. The molecule has 0 spiro atoms. The molecule has 24 heavy (non-hydrogen) atoms. The van der Waals surface area contributed by atoms with Crippen molar-refractivity contribution in [2.45, 2.75) is 38.1 Å². The molecule has 1 N–H and O–H groups in total. The first-order valence-electron chi connectivity index (χ1n) is 7.90. The van der Waals surface area contributed by atoms with Gasteiger partial charge in [0.05, 0.1) is 10.9 Å². The lowest BCUT2D eigenvalue weighted by Gasteiger charge is -2.19. The van der Waals surface area contributed by atoms with Gasteiger partial charge in [-0.05, 0) is 49.6 Å². The molecule has 0 bridgehead atoms. The molecule has 1 amide bonds. The molecule has 0 aromatic heterocycles. The first-order valence-corrected chi connectivity index (χ1v) is 9.79. The highest BCUT2D eigenvalue weighted by molar-refractivity contribution is 7.90. The fraction of sp³-hybridized carbons (Fsp3) is 0.316. The zero-order valence-electron chi connectivity index (χ0n) is 14.5. The molecule has 0 aliphatic heterocycles. The minimum absolute atomic E-state index is 0.116. The fourth-order valence-corrected chi connectivity index (χ4v) is 3.22. The first-order chi connectivity index (χ1) is 11.2. The number of rotatable bonds is 5. The molecule has 0 saturated carbocycles. The predicted octanol–water partition coefficient (Wildman–Crippen LogP) is 3.59. The van der Waals surface area contributed by atoms with E-state index in [9.17, 15) is 13.2 Å². The summed E-state index contributed by atoms with van der Waals surface area (Å²) in [5.41, 5.74) is 3.53. The Balaban J connectivity index is 2.23. The average molecular weight is 345 g/mol. The van der Waals surface area contributed by atoms with Crippen LogP contribution in [-0.2, 0) is 9.84 Å². The number of carbonyl (C=O) groups excluding carboxylic acids is 1. The van der Waals surface area contributed by atoms with Gasteiger partial charge in [0, 0.05) is 11.8 Å². The molecule has 4 nitrogen and oxygen atoms in total. The second-order valence-corrected chi connectivity index (χ2v) is 8.11. The third-order valence-corrected chi connectivity index (χ3v) is 5.19. The topological polar surface area (TPSA) is 63.2 Å². The highest BCUT2D eigenvalue weighted by Crippen LogP contribution is 2.20. The van der Waals surface area contributed by atoms with Crippen molar-refractivity contribution < 1.29 is 13.2 Å². The van der Waals surface area contributed by atoms with Crippen molar-refractivity contribution in [1.29, 1.82) is 0 Å². The average Bonchev–Trinajstić information content (AvgIpc) is 2.54. The summed E-state index contributed by atoms with van der Waals surface area (Å²) in [4.78, 5) is 12.9. The summed E-state index contributed by atoms with van der Waals surface area (Å²) >= 11 is 0. The van der Waals surface area contributed by atoms with Gasteiger partial charge in [0.2, 0.25) is 0 Å². The standard InChI is InChI=1S/C19H23NO3S/c1-5-18(15-8-10-16(11-9-15)24(4,22)23)20-19(21)17-12-13(2)6-7-14(17)3/h6-12,18H,5H2,1-4H3,(H,20,21)/t18-/m0/s1. The zero-order chi connectivity index (χ0) is 17.9. The van der Waals surface area contributed by atoms with Gasteiger partial charge in [0.1, 0.15) is 0 Å². The van der Waals surface area contributed by atoms with Crippen molar-refractivity contribution in [2.75, 3.05) is 6.26 Å². The van der Waals surface area contributed by atoms with Crippen LogP contribution in [0.2, 0.25) is 0 Å². The summed E-state index contributed by atoms with van der Waals surface area (Å²) in [6.07, 6.45) is 1.90. The van der Waals surface area contributed by atoms with Gasteiger partial charge in [-0.1, -0.05) is 36.8 Å². The van der Waals surface area contributed by atoms with E-state index >= 15 is 0 Å². The molecule has 0 aliphatic rings. The lowest BCUT2D eigenvalue weighted by Crippen LogP contribution is -2.28. The summed E-state index contributed by atoms with van der Waals surface area (Å²) in [5, 5.41) is 3.04. The molecular weight excluding hydrogens is 322 g/mol. The van der Waals surface area contributed by atoms with Gasteiger partial charge >= 0.3 is 0 Å². The Kier molecular flexibility index (Phi) is 5.44. The van der Waals surface area contributed by atoms with Crippen LogP contribution in [0.5, 0.6) is 0 Å². The maximum atomic E-state index is 12.6. The van der Waals surface area contributed by atoms with Crippen molar-refractivity contribution >= 4 is 15.7 Å². The minimum Gasteiger partial charge on any atom is -0.345 e. The van der Waals surface area contributed by atoms with Gasteiger partial charge in [-0.3, -0.25) is 4.79 Å². The molecule has 0 saturated heterocycles. The molecule has 128 valence electrons. The van der Waals surface area contributed by atoms with Crippen molar-refractivity contribution in [3.8, 4) is 0 Å². The monoisotopic (exact) mass is 345 g/mol. The van der Waals surface area contributed by atoms with Crippen molar-refractivity contribution in [1.82, 2.24) is 5.32 Å².